The van der Waals surface area contributed by atoms with E-state index in [1.165, 1.54) is 19.3 Å². The van der Waals surface area contributed by atoms with Crippen LogP contribution in [-0.2, 0) is 11.2 Å². The average molecular weight is 236 g/mol. The normalized spacial score (nSPS) is 17.1. The molecule has 0 saturated heterocycles. The van der Waals surface area contributed by atoms with E-state index in [0.717, 1.165) is 29.9 Å². The van der Waals surface area contributed by atoms with Gasteiger partial charge in [0, 0.05) is 11.6 Å². The van der Waals surface area contributed by atoms with Crippen LogP contribution in [0.15, 0.2) is 4.52 Å². The van der Waals surface area contributed by atoms with Crippen LogP contribution in [-0.4, -0.2) is 17.1 Å². The maximum absolute atomic E-state index is 11.9. The van der Waals surface area contributed by atoms with Crippen molar-refractivity contribution >= 4 is 5.91 Å². The molecule has 94 valence electrons. The van der Waals surface area contributed by atoms with Gasteiger partial charge in [-0.15, -0.1) is 0 Å². The molecule has 4 heteroatoms. The highest BCUT2D eigenvalue weighted by molar-refractivity contribution is 5.79. The Labute approximate surface area is 102 Å². The first-order chi connectivity index (χ1) is 8.16. The summed E-state index contributed by atoms with van der Waals surface area (Å²) in [6.45, 7) is 3.73. The molecule has 17 heavy (non-hydrogen) atoms. The van der Waals surface area contributed by atoms with E-state index in [9.17, 15) is 4.79 Å². The molecular formula is C13H20N2O2. The highest BCUT2D eigenvalue weighted by Crippen LogP contribution is 2.18. The summed E-state index contributed by atoms with van der Waals surface area (Å²) in [5, 5.41) is 6.96. The first-order valence-corrected chi connectivity index (χ1v) is 6.38. The zero-order valence-electron chi connectivity index (χ0n) is 10.6. The van der Waals surface area contributed by atoms with Crippen molar-refractivity contribution in [3.63, 3.8) is 0 Å². The number of rotatable bonds is 3. The Morgan fingerprint density at radius 1 is 1.35 bits per heavy atom. The lowest BCUT2D eigenvalue weighted by Crippen LogP contribution is -2.37. The molecule has 0 unspecified atom stereocenters. The largest absolute Gasteiger partial charge is 0.361 e. The van der Waals surface area contributed by atoms with Crippen molar-refractivity contribution in [2.75, 3.05) is 0 Å². The number of carbonyl (C=O) groups excluding carboxylic acids is 1. The third-order valence-corrected chi connectivity index (χ3v) is 3.49. The summed E-state index contributed by atoms with van der Waals surface area (Å²) in [7, 11) is 0. The third-order valence-electron chi connectivity index (χ3n) is 3.49. The Morgan fingerprint density at radius 3 is 2.65 bits per heavy atom. The second-order valence-corrected chi connectivity index (χ2v) is 4.88. The van der Waals surface area contributed by atoms with Crippen LogP contribution in [0.25, 0.3) is 0 Å². The minimum absolute atomic E-state index is 0.0892. The topological polar surface area (TPSA) is 55.1 Å². The van der Waals surface area contributed by atoms with Crippen molar-refractivity contribution in [1.82, 2.24) is 10.5 Å². The lowest BCUT2D eigenvalue weighted by molar-refractivity contribution is -0.121. The standard InChI is InChI=1S/C13H20N2O2/c1-9-12(10(2)17-15-9)8-13(16)14-11-6-4-3-5-7-11/h11H,3-8H2,1-2H3,(H,14,16). The van der Waals surface area contributed by atoms with E-state index in [1.54, 1.807) is 0 Å². The number of aromatic nitrogens is 1. The first-order valence-electron chi connectivity index (χ1n) is 6.38. The number of nitrogens with zero attached hydrogens (tertiary/aromatic N) is 1. The quantitative estimate of drug-likeness (QED) is 0.876. The molecule has 0 aliphatic heterocycles. The van der Waals surface area contributed by atoms with Crippen LogP contribution in [0.4, 0.5) is 0 Å². The Hall–Kier alpha value is -1.32. The predicted molar refractivity (Wildman–Crippen MR) is 64.7 cm³/mol. The van der Waals surface area contributed by atoms with Crippen molar-refractivity contribution in [3.8, 4) is 0 Å². The summed E-state index contributed by atoms with van der Waals surface area (Å²) < 4.78 is 5.06. The summed E-state index contributed by atoms with van der Waals surface area (Å²) in [5.74, 6) is 0.840. The number of hydrogen-bond acceptors (Lipinski definition) is 3. The third kappa shape index (κ3) is 3.08. The molecule has 0 bridgehead atoms. The van der Waals surface area contributed by atoms with Gasteiger partial charge >= 0.3 is 0 Å². The SMILES string of the molecule is Cc1noc(C)c1CC(=O)NC1CCCCC1. The lowest BCUT2D eigenvalue weighted by atomic mass is 9.95. The highest BCUT2D eigenvalue weighted by Gasteiger charge is 2.18. The van der Waals surface area contributed by atoms with Gasteiger partial charge in [0.05, 0.1) is 12.1 Å². The van der Waals surface area contributed by atoms with Crippen LogP contribution in [0, 0.1) is 13.8 Å². The molecule has 1 N–H and O–H groups in total. The molecule has 1 aromatic rings. The first kappa shape index (κ1) is 12.1. The van der Waals surface area contributed by atoms with Crippen LogP contribution in [0.2, 0.25) is 0 Å². The van der Waals surface area contributed by atoms with E-state index >= 15 is 0 Å². The monoisotopic (exact) mass is 236 g/mol. The van der Waals surface area contributed by atoms with Crippen molar-refractivity contribution in [2.45, 2.75) is 58.4 Å². The van der Waals surface area contributed by atoms with Gasteiger partial charge in [0.25, 0.3) is 0 Å². The Bertz CT molecular complexity index is 373. The van der Waals surface area contributed by atoms with Gasteiger partial charge in [0.15, 0.2) is 0 Å². The van der Waals surface area contributed by atoms with Gasteiger partial charge in [0.2, 0.25) is 5.91 Å². The zero-order valence-corrected chi connectivity index (χ0v) is 10.6. The maximum Gasteiger partial charge on any atom is 0.224 e. The maximum atomic E-state index is 11.9. The summed E-state index contributed by atoms with van der Waals surface area (Å²) in [5.41, 5.74) is 1.75. The van der Waals surface area contributed by atoms with Crippen LogP contribution >= 0.6 is 0 Å². The number of amides is 1. The predicted octanol–water partition coefficient (Wildman–Crippen LogP) is 2.28. The fourth-order valence-corrected chi connectivity index (χ4v) is 2.44. The highest BCUT2D eigenvalue weighted by atomic mass is 16.5. The van der Waals surface area contributed by atoms with Crippen LogP contribution in [0.5, 0.6) is 0 Å². The molecule has 1 aliphatic carbocycles. The summed E-state index contributed by atoms with van der Waals surface area (Å²) >= 11 is 0. The molecule has 1 aromatic heterocycles. The molecule has 4 nitrogen and oxygen atoms in total. The summed E-state index contributed by atoms with van der Waals surface area (Å²) in [4.78, 5) is 11.9. The van der Waals surface area contributed by atoms with Gasteiger partial charge in [-0.1, -0.05) is 24.4 Å². The molecular weight excluding hydrogens is 216 g/mol. The molecule has 1 heterocycles. The van der Waals surface area contributed by atoms with E-state index in [0.29, 0.717) is 12.5 Å². The molecule has 1 aliphatic rings. The average Bonchev–Trinajstić information content (AvgIpc) is 2.62. The van der Waals surface area contributed by atoms with Crippen molar-refractivity contribution in [1.29, 1.82) is 0 Å². The van der Waals surface area contributed by atoms with Gasteiger partial charge in [-0.3, -0.25) is 4.79 Å². The molecule has 0 atom stereocenters. The molecule has 0 radical (unpaired) electrons. The molecule has 2 rings (SSSR count). The second-order valence-electron chi connectivity index (χ2n) is 4.88. The summed E-state index contributed by atoms with van der Waals surface area (Å²) in [6, 6.07) is 0.372. The number of carbonyl (C=O) groups is 1. The van der Waals surface area contributed by atoms with Crippen LogP contribution in [0.3, 0.4) is 0 Å². The van der Waals surface area contributed by atoms with Gasteiger partial charge < -0.3 is 9.84 Å². The molecule has 0 aromatic carbocycles. The smallest absolute Gasteiger partial charge is 0.224 e. The fraction of sp³-hybridized carbons (Fsp3) is 0.692. The zero-order chi connectivity index (χ0) is 12.3. The van der Waals surface area contributed by atoms with Crippen molar-refractivity contribution in [3.05, 3.63) is 17.0 Å². The minimum atomic E-state index is 0.0892. The Morgan fingerprint density at radius 2 is 2.06 bits per heavy atom. The van der Waals surface area contributed by atoms with Crippen molar-refractivity contribution in [2.24, 2.45) is 0 Å². The fourth-order valence-electron chi connectivity index (χ4n) is 2.44. The van der Waals surface area contributed by atoms with E-state index in [4.69, 9.17) is 4.52 Å². The Balaban J connectivity index is 1.88. The molecule has 0 spiro atoms. The van der Waals surface area contributed by atoms with E-state index in [1.807, 2.05) is 13.8 Å². The Kier molecular flexibility index (Phi) is 3.82. The van der Waals surface area contributed by atoms with Gasteiger partial charge in [-0.2, -0.15) is 0 Å². The van der Waals surface area contributed by atoms with Crippen molar-refractivity contribution < 1.29 is 9.32 Å². The minimum Gasteiger partial charge on any atom is -0.361 e. The number of aryl methyl sites for hydroxylation is 2. The van der Waals surface area contributed by atoms with E-state index < -0.39 is 0 Å². The molecule has 1 saturated carbocycles. The van der Waals surface area contributed by atoms with Gasteiger partial charge in [-0.05, 0) is 26.7 Å². The lowest BCUT2D eigenvalue weighted by Gasteiger charge is -2.22. The van der Waals surface area contributed by atoms with E-state index in [2.05, 4.69) is 10.5 Å². The molecule has 1 amide bonds. The van der Waals surface area contributed by atoms with E-state index in [-0.39, 0.29) is 5.91 Å². The van der Waals surface area contributed by atoms with Crippen LogP contribution < -0.4 is 5.32 Å². The second kappa shape index (κ2) is 5.34. The van der Waals surface area contributed by atoms with Crippen LogP contribution in [0.1, 0.15) is 49.1 Å². The van der Waals surface area contributed by atoms with Gasteiger partial charge in [-0.25, -0.2) is 0 Å². The number of hydrogen-bond donors (Lipinski definition) is 1. The number of nitrogens with one attached hydrogen (secondary N) is 1. The van der Waals surface area contributed by atoms with Gasteiger partial charge in [0.1, 0.15) is 5.76 Å². The summed E-state index contributed by atoms with van der Waals surface area (Å²) in [6.07, 6.45) is 6.39. The molecule has 1 fully saturated rings.